The Hall–Kier alpha value is -2.13. The lowest BCUT2D eigenvalue weighted by Gasteiger charge is -2.36. The van der Waals surface area contributed by atoms with Gasteiger partial charge in [0.25, 0.3) is 0 Å². The third kappa shape index (κ3) is 5.57. The summed E-state index contributed by atoms with van der Waals surface area (Å²) in [5.74, 6) is 0. The lowest BCUT2D eigenvalue weighted by atomic mass is 9.98. The summed E-state index contributed by atoms with van der Waals surface area (Å²) in [6.45, 7) is 7.42. The molecule has 0 spiro atoms. The molecule has 1 saturated heterocycles. The first kappa shape index (κ1) is 22.1. The van der Waals surface area contributed by atoms with Gasteiger partial charge >= 0.3 is 0 Å². The SMILES string of the molecule is Cc1ccc(CCN2CCC[C@@]2(C)COC(c2ccccc2)c2ccc(Cl)cc2)cc1. The molecule has 2 nitrogen and oxygen atoms in total. The molecule has 0 radical (unpaired) electrons. The number of nitrogens with zero attached hydrogens (tertiary/aromatic N) is 1. The predicted molar refractivity (Wildman–Crippen MR) is 130 cm³/mol. The molecule has 0 N–H and O–H groups in total. The van der Waals surface area contributed by atoms with Gasteiger partial charge in [0.15, 0.2) is 0 Å². The Kier molecular flexibility index (Phi) is 7.12. The molecule has 31 heavy (non-hydrogen) atoms. The minimum absolute atomic E-state index is 0.0597. The molecule has 0 aromatic heterocycles. The average Bonchev–Trinajstić information content (AvgIpc) is 3.16. The summed E-state index contributed by atoms with van der Waals surface area (Å²) in [5, 5.41) is 0.751. The highest BCUT2D eigenvalue weighted by atomic mass is 35.5. The van der Waals surface area contributed by atoms with Crippen LogP contribution < -0.4 is 0 Å². The number of hydrogen-bond acceptors (Lipinski definition) is 2. The molecule has 0 saturated carbocycles. The summed E-state index contributed by atoms with van der Waals surface area (Å²) in [6.07, 6.45) is 3.39. The molecule has 4 rings (SSSR count). The quantitative estimate of drug-likeness (QED) is 0.385. The summed E-state index contributed by atoms with van der Waals surface area (Å²) in [6, 6.07) is 27.5. The van der Waals surface area contributed by atoms with Crippen molar-refractivity contribution in [1.82, 2.24) is 4.90 Å². The highest BCUT2D eigenvalue weighted by Crippen LogP contribution is 2.33. The van der Waals surface area contributed by atoms with Crippen LogP contribution in [0.15, 0.2) is 78.9 Å². The number of benzene rings is 3. The van der Waals surface area contributed by atoms with Crippen LogP contribution in [0.1, 0.15) is 48.1 Å². The van der Waals surface area contributed by atoms with Crippen LogP contribution in [-0.4, -0.2) is 30.1 Å². The smallest absolute Gasteiger partial charge is 0.108 e. The van der Waals surface area contributed by atoms with Gasteiger partial charge in [0, 0.05) is 17.1 Å². The first-order valence-electron chi connectivity index (χ1n) is 11.3. The van der Waals surface area contributed by atoms with Crippen LogP contribution in [0.3, 0.4) is 0 Å². The minimum Gasteiger partial charge on any atom is -0.367 e. The Morgan fingerprint density at radius 3 is 2.32 bits per heavy atom. The molecule has 162 valence electrons. The lowest BCUT2D eigenvalue weighted by Crippen LogP contribution is -2.46. The predicted octanol–water partition coefficient (Wildman–Crippen LogP) is 6.85. The van der Waals surface area contributed by atoms with Crippen LogP contribution >= 0.6 is 11.6 Å². The monoisotopic (exact) mass is 433 g/mol. The first-order chi connectivity index (χ1) is 15.0. The van der Waals surface area contributed by atoms with Gasteiger partial charge in [0.2, 0.25) is 0 Å². The molecule has 1 heterocycles. The largest absolute Gasteiger partial charge is 0.367 e. The third-order valence-corrected chi connectivity index (χ3v) is 6.79. The molecule has 1 aliphatic rings. The van der Waals surface area contributed by atoms with E-state index in [2.05, 4.69) is 79.4 Å². The van der Waals surface area contributed by atoms with E-state index in [0.717, 1.165) is 30.1 Å². The zero-order chi connectivity index (χ0) is 21.7. The molecule has 1 fully saturated rings. The molecular weight excluding hydrogens is 402 g/mol. The normalized spacial score (nSPS) is 20.1. The number of rotatable bonds is 8. The zero-order valence-corrected chi connectivity index (χ0v) is 19.3. The standard InChI is InChI=1S/C28H32ClNO/c1-22-9-11-23(12-10-22)17-20-30-19-6-18-28(30,2)21-31-27(24-7-4-3-5-8-24)25-13-15-26(29)16-14-25/h3-5,7-16,27H,6,17-21H2,1-2H3/t27?,28-/m0/s1. The summed E-state index contributed by atoms with van der Waals surface area (Å²) in [5.41, 5.74) is 5.10. The van der Waals surface area contributed by atoms with Crippen LogP contribution in [0.25, 0.3) is 0 Å². The summed E-state index contributed by atoms with van der Waals surface area (Å²) in [7, 11) is 0. The van der Waals surface area contributed by atoms with E-state index in [1.807, 2.05) is 18.2 Å². The van der Waals surface area contributed by atoms with E-state index < -0.39 is 0 Å². The van der Waals surface area contributed by atoms with Crippen molar-refractivity contribution in [2.45, 2.75) is 44.8 Å². The van der Waals surface area contributed by atoms with Crippen LogP contribution in [0.2, 0.25) is 5.02 Å². The Bertz CT molecular complexity index is 955. The van der Waals surface area contributed by atoms with Crippen molar-refractivity contribution in [2.24, 2.45) is 0 Å². The minimum atomic E-state index is -0.0881. The van der Waals surface area contributed by atoms with Gasteiger partial charge in [-0.1, -0.05) is 83.9 Å². The van der Waals surface area contributed by atoms with Gasteiger partial charge in [-0.25, -0.2) is 0 Å². The average molecular weight is 434 g/mol. The molecular formula is C28H32ClNO. The lowest BCUT2D eigenvalue weighted by molar-refractivity contribution is -0.00435. The number of likely N-dealkylation sites (tertiary alicyclic amines) is 1. The number of aryl methyl sites for hydroxylation is 1. The van der Waals surface area contributed by atoms with Crippen LogP contribution in [0.4, 0.5) is 0 Å². The Labute approximate surface area is 191 Å². The van der Waals surface area contributed by atoms with Crippen LogP contribution in [0, 0.1) is 6.92 Å². The van der Waals surface area contributed by atoms with Gasteiger partial charge in [-0.3, -0.25) is 4.90 Å². The second kappa shape index (κ2) is 9.99. The van der Waals surface area contributed by atoms with Crippen molar-refractivity contribution in [3.63, 3.8) is 0 Å². The van der Waals surface area contributed by atoms with Gasteiger partial charge in [-0.05, 0) is 68.5 Å². The van der Waals surface area contributed by atoms with E-state index in [1.54, 1.807) is 0 Å². The van der Waals surface area contributed by atoms with Gasteiger partial charge in [-0.2, -0.15) is 0 Å². The second-order valence-corrected chi connectivity index (χ2v) is 9.41. The Morgan fingerprint density at radius 1 is 0.935 bits per heavy atom. The van der Waals surface area contributed by atoms with E-state index in [9.17, 15) is 0 Å². The van der Waals surface area contributed by atoms with Crippen LogP contribution in [-0.2, 0) is 11.2 Å². The Balaban J connectivity index is 1.46. The van der Waals surface area contributed by atoms with E-state index in [-0.39, 0.29) is 11.6 Å². The highest BCUT2D eigenvalue weighted by molar-refractivity contribution is 6.30. The van der Waals surface area contributed by atoms with Crippen molar-refractivity contribution in [3.8, 4) is 0 Å². The maximum absolute atomic E-state index is 6.65. The fraction of sp³-hybridized carbons (Fsp3) is 0.357. The molecule has 0 aliphatic carbocycles. The van der Waals surface area contributed by atoms with E-state index in [1.165, 1.54) is 29.5 Å². The molecule has 3 aromatic carbocycles. The second-order valence-electron chi connectivity index (χ2n) is 8.98. The van der Waals surface area contributed by atoms with Gasteiger partial charge < -0.3 is 4.74 Å². The van der Waals surface area contributed by atoms with Gasteiger partial charge in [-0.15, -0.1) is 0 Å². The molecule has 1 aliphatic heterocycles. The topological polar surface area (TPSA) is 12.5 Å². The maximum Gasteiger partial charge on any atom is 0.108 e. The van der Waals surface area contributed by atoms with E-state index >= 15 is 0 Å². The van der Waals surface area contributed by atoms with Gasteiger partial charge in [0.1, 0.15) is 6.10 Å². The fourth-order valence-electron chi connectivity index (χ4n) is 4.56. The van der Waals surface area contributed by atoms with E-state index in [0.29, 0.717) is 6.61 Å². The first-order valence-corrected chi connectivity index (χ1v) is 11.6. The molecule has 1 unspecified atom stereocenters. The molecule has 0 amide bonds. The Morgan fingerprint density at radius 2 is 1.61 bits per heavy atom. The molecule has 2 atom stereocenters. The number of halogens is 1. The summed E-state index contributed by atoms with van der Waals surface area (Å²) in [4.78, 5) is 2.62. The van der Waals surface area contributed by atoms with Gasteiger partial charge in [0.05, 0.1) is 6.61 Å². The van der Waals surface area contributed by atoms with Crippen molar-refractivity contribution >= 4 is 11.6 Å². The zero-order valence-electron chi connectivity index (χ0n) is 18.6. The number of hydrogen-bond donors (Lipinski definition) is 0. The van der Waals surface area contributed by atoms with Crippen molar-refractivity contribution in [1.29, 1.82) is 0 Å². The fourth-order valence-corrected chi connectivity index (χ4v) is 4.68. The number of ether oxygens (including phenoxy) is 1. The molecule has 0 bridgehead atoms. The van der Waals surface area contributed by atoms with Crippen molar-refractivity contribution in [3.05, 3.63) is 106 Å². The molecule has 3 aromatic rings. The van der Waals surface area contributed by atoms with Crippen molar-refractivity contribution < 1.29 is 4.74 Å². The molecule has 3 heteroatoms. The maximum atomic E-state index is 6.65. The summed E-state index contributed by atoms with van der Waals surface area (Å²) < 4.78 is 6.65. The van der Waals surface area contributed by atoms with E-state index in [4.69, 9.17) is 16.3 Å². The third-order valence-electron chi connectivity index (χ3n) is 6.53. The summed E-state index contributed by atoms with van der Waals surface area (Å²) >= 11 is 6.13. The van der Waals surface area contributed by atoms with Crippen molar-refractivity contribution in [2.75, 3.05) is 19.7 Å². The highest BCUT2D eigenvalue weighted by Gasteiger charge is 2.37. The van der Waals surface area contributed by atoms with Crippen LogP contribution in [0.5, 0.6) is 0 Å².